The molecule has 1 aromatic heterocycles. The van der Waals surface area contributed by atoms with Gasteiger partial charge in [0, 0.05) is 19.1 Å². The van der Waals surface area contributed by atoms with E-state index >= 15 is 0 Å². The fraction of sp³-hybridized carbons (Fsp3) is 0.818. The summed E-state index contributed by atoms with van der Waals surface area (Å²) < 4.78 is 2.79. The fourth-order valence-corrected chi connectivity index (χ4v) is 2.17. The van der Waals surface area contributed by atoms with Crippen molar-refractivity contribution in [3.63, 3.8) is 0 Å². The summed E-state index contributed by atoms with van der Waals surface area (Å²) in [5.41, 5.74) is 0. The fourth-order valence-electron chi connectivity index (χ4n) is 1.84. The van der Waals surface area contributed by atoms with Crippen LogP contribution in [-0.4, -0.2) is 27.9 Å². The van der Waals surface area contributed by atoms with Crippen molar-refractivity contribution in [2.75, 3.05) is 18.0 Å². The van der Waals surface area contributed by atoms with Gasteiger partial charge in [-0.3, -0.25) is 4.57 Å². The molecule has 0 aliphatic carbocycles. The van der Waals surface area contributed by atoms with Gasteiger partial charge < -0.3 is 4.90 Å². The second kappa shape index (κ2) is 6.03. The summed E-state index contributed by atoms with van der Waals surface area (Å²) in [5, 5.41) is 7.24. The molecule has 0 aliphatic rings. The van der Waals surface area contributed by atoms with E-state index in [-0.39, 0.29) is 0 Å². The smallest absolute Gasteiger partial charge is 0.225 e. The van der Waals surface area contributed by atoms with E-state index in [1.165, 1.54) is 0 Å². The van der Waals surface area contributed by atoms with E-state index in [4.69, 9.17) is 12.2 Å². The lowest BCUT2D eigenvalue weighted by molar-refractivity contribution is 0.573. The van der Waals surface area contributed by atoms with Gasteiger partial charge in [0.25, 0.3) is 0 Å². The van der Waals surface area contributed by atoms with Crippen molar-refractivity contribution in [2.45, 2.75) is 46.6 Å². The number of aromatic nitrogens is 3. The van der Waals surface area contributed by atoms with Crippen LogP contribution in [-0.2, 0) is 0 Å². The van der Waals surface area contributed by atoms with Gasteiger partial charge in [0.1, 0.15) is 0 Å². The first-order valence-electron chi connectivity index (χ1n) is 6.03. The molecule has 1 rings (SSSR count). The molecule has 92 valence electrons. The summed E-state index contributed by atoms with van der Waals surface area (Å²) in [6.45, 7) is 10.7. The summed E-state index contributed by atoms with van der Waals surface area (Å²) in [6.07, 6.45) is 2.25. The highest BCUT2D eigenvalue weighted by Gasteiger charge is 2.14. The van der Waals surface area contributed by atoms with Crippen molar-refractivity contribution in [3.8, 4) is 0 Å². The van der Waals surface area contributed by atoms with Crippen LogP contribution in [0.3, 0.4) is 0 Å². The quantitative estimate of drug-likeness (QED) is 0.779. The van der Waals surface area contributed by atoms with Gasteiger partial charge in [0.05, 0.1) is 0 Å². The van der Waals surface area contributed by atoms with Crippen molar-refractivity contribution in [1.82, 2.24) is 14.8 Å². The lowest BCUT2D eigenvalue weighted by atomic mass is 10.3. The zero-order valence-electron chi connectivity index (χ0n) is 10.7. The molecule has 0 saturated heterocycles. The second-order valence-corrected chi connectivity index (χ2v) is 4.67. The second-order valence-electron chi connectivity index (χ2n) is 4.28. The molecule has 0 aromatic carbocycles. The Labute approximate surface area is 103 Å². The topological polar surface area (TPSA) is 36.9 Å². The highest BCUT2D eigenvalue weighted by atomic mass is 32.1. The number of anilines is 1. The SMILES string of the molecule is CCCN(CCC)c1n[nH]c(=S)n1C(C)C. The molecular formula is C11H22N4S. The Kier molecular flexibility index (Phi) is 4.99. The first-order valence-corrected chi connectivity index (χ1v) is 6.44. The Balaban J connectivity index is 3.03. The Morgan fingerprint density at radius 1 is 1.31 bits per heavy atom. The zero-order valence-corrected chi connectivity index (χ0v) is 11.5. The third-order valence-corrected chi connectivity index (χ3v) is 2.76. The number of rotatable bonds is 6. The number of nitrogens with one attached hydrogen (secondary N) is 1. The lowest BCUT2D eigenvalue weighted by Gasteiger charge is -2.24. The number of hydrogen-bond donors (Lipinski definition) is 1. The maximum atomic E-state index is 5.25. The maximum Gasteiger partial charge on any atom is 0.225 e. The van der Waals surface area contributed by atoms with E-state index in [1.807, 2.05) is 0 Å². The van der Waals surface area contributed by atoms with Crippen molar-refractivity contribution >= 4 is 18.2 Å². The molecule has 0 saturated carbocycles. The predicted octanol–water partition coefficient (Wildman–Crippen LogP) is 3.15. The van der Waals surface area contributed by atoms with Gasteiger partial charge >= 0.3 is 0 Å². The van der Waals surface area contributed by atoms with Crippen LogP contribution in [0.2, 0.25) is 0 Å². The van der Waals surface area contributed by atoms with Gasteiger partial charge in [-0.15, -0.1) is 5.10 Å². The first kappa shape index (κ1) is 13.2. The molecule has 0 unspecified atom stereocenters. The van der Waals surface area contributed by atoms with Crippen LogP contribution in [0.4, 0.5) is 5.95 Å². The molecule has 5 heteroatoms. The summed E-state index contributed by atoms with van der Waals surface area (Å²) in [5.74, 6) is 0.976. The predicted molar refractivity (Wildman–Crippen MR) is 70.6 cm³/mol. The van der Waals surface area contributed by atoms with Crippen LogP contribution in [0.5, 0.6) is 0 Å². The standard InChI is InChI=1S/C11H22N4S/c1-5-7-14(8-6-2)10-12-13-11(16)15(10)9(3)4/h9H,5-8H2,1-4H3,(H,13,16). The summed E-state index contributed by atoms with van der Waals surface area (Å²) in [6, 6.07) is 0.345. The van der Waals surface area contributed by atoms with E-state index < -0.39 is 0 Å². The summed E-state index contributed by atoms with van der Waals surface area (Å²) >= 11 is 5.25. The molecule has 1 heterocycles. The van der Waals surface area contributed by atoms with E-state index in [9.17, 15) is 0 Å². The molecule has 1 aromatic rings. The third kappa shape index (κ3) is 2.84. The normalized spacial score (nSPS) is 11.1. The summed E-state index contributed by atoms with van der Waals surface area (Å²) in [4.78, 5) is 2.30. The van der Waals surface area contributed by atoms with Crippen molar-refractivity contribution in [2.24, 2.45) is 0 Å². The highest BCUT2D eigenvalue weighted by molar-refractivity contribution is 7.71. The van der Waals surface area contributed by atoms with Crippen LogP contribution in [0.15, 0.2) is 0 Å². The van der Waals surface area contributed by atoms with Crippen molar-refractivity contribution in [1.29, 1.82) is 0 Å². The largest absolute Gasteiger partial charge is 0.341 e. The zero-order chi connectivity index (χ0) is 12.1. The summed E-state index contributed by atoms with van der Waals surface area (Å²) in [7, 11) is 0. The van der Waals surface area contributed by atoms with Gasteiger partial charge in [0.15, 0.2) is 4.77 Å². The maximum absolute atomic E-state index is 5.25. The Hall–Kier alpha value is -0.840. The van der Waals surface area contributed by atoms with Gasteiger partial charge in [-0.05, 0) is 38.9 Å². The molecule has 0 spiro atoms. The van der Waals surface area contributed by atoms with Crippen molar-refractivity contribution in [3.05, 3.63) is 4.77 Å². The average Bonchev–Trinajstić information content (AvgIpc) is 2.60. The molecule has 0 amide bonds. The third-order valence-electron chi connectivity index (χ3n) is 2.47. The minimum absolute atomic E-state index is 0.345. The molecule has 4 nitrogen and oxygen atoms in total. The van der Waals surface area contributed by atoms with E-state index in [0.717, 1.165) is 31.9 Å². The number of aromatic amines is 1. The van der Waals surface area contributed by atoms with Crippen LogP contribution >= 0.6 is 12.2 Å². The van der Waals surface area contributed by atoms with Crippen LogP contribution in [0, 0.1) is 4.77 Å². The Morgan fingerprint density at radius 3 is 2.31 bits per heavy atom. The van der Waals surface area contributed by atoms with Crippen molar-refractivity contribution < 1.29 is 0 Å². The lowest BCUT2D eigenvalue weighted by Crippen LogP contribution is -2.28. The van der Waals surface area contributed by atoms with Gasteiger partial charge in [-0.25, -0.2) is 5.10 Å². The van der Waals surface area contributed by atoms with E-state index in [0.29, 0.717) is 10.8 Å². The molecule has 0 atom stereocenters. The van der Waals surface area contributed by atoms with Crippen LogP contribution in [0.25, 0.3) is 0 Å². The highest BCUT2D eigenvalue weighted by Crippen LogP contribution is 2.17. The van der Waals surface area contributed by atoms with E-state index in [2.05, 4.69) is 47.4 Å². The molecular weight excluding hydrogens is 220 g/mol. The first-order chi connectivity index (χ1) is 7.61. The molecule has 0 bridgehead atoms. The minimum atomic E-state index is 0.345. The molecule has 16 heavy (non-hydrogen) atoms. The molecule has 0 aliphatic heterocycles. The molecule has 0 fully saturated rings. The van der Waals surface area contributed by atoms with Gasteiger partial charge in [0.2, 0.25) is 5.95 Å². The number of nitrogens with zero attached hydrogens (tertiary/aromatic N) is 3. The van der Waals surface area contributed by atoms with Crippen LogP contribution < -0.4 is 4.90 Å². The minimum Gasteiger partial charge on any atom is -0.341 e. The van der Waals surface area contributed by atoms with E-state index in [1.54, 1.807) is 0 Å². The monoisotopic (exact) mass is 242 g/mol. The van der Waals surface area contributed by atoms with Gasteiger partial charge in [-0.1, -0.05) is 13.8 Å². The Bertz CT molecular complexity index is 360. The molecule has 0 radical (unpaired) electrons. The van der Waals surface area contributed by atoms with Gasteiger partial charge in [-0.2, -0.15) is 0 Å². The number of hydrogen-bond acceptors (Lipinski definition) is 3. The molecule has 1 N–H and O–H groups in total. The Morgan fingerprint density at radius 2 is 1.88 bits per heavy atom. The average molecular weight is 242 g/mol. The number of H-pyrrole nitrogens is 1. The van der Waals surface area contributed by atoms with Crippen LogP contribution in [0.1, 0.15) is 46.6 Å².